The number of aromatic nitrogens is 3. The Labute approximate surface area is 175 Å². The zero-order valence-electron chi connectivity index (χ0n) is 16.3. The van der Waals surface area contributed by atoms with Gasteiger partial charge in [-0.2, -0.15) is 0 Å². The number of benzene rings is 2. The van der Waals surface area contributed by atoms with Crippen molar-refractivity contribution >= 4 is 18.3 Å². The maximum Gasteiger partial charge on any atom is 0.276 e. The van der Waals surface area contributed by atoms with E-state index in [9.17, 15) is 9.18 Å². The first kappa shape index (κ1) is 21.0. The second kappa shape index (κ2) is 8.71. The molecule has 152 valence electrons. The van der Waals surface area contributed by atoms with Crippen LogP contribution in [0, 0.1) is 19.7 Å². The first-order valence-corrected chi connectivity index (χ1v) is 9.31. The fraction of sp³-hybridized carbons (Fsp3) is 0.286. The number of nitrogens with zero attached hydrogens (tertiary/aromatic N) is 4. The molecule has 1 aliphatic rings. The topological polar surface area (TPSA) is 63.1 Å². The van der Waals surface area contributed by atoms with Gasteiger partial charge in [-0.25, -0.2) is 9.07 Å². The average molecular weight is 416 g/mol. The molecule has 29 heavy (non-hydrogen) atoms. The highest BCUT2D eigenvalue weighted by Gasteiger charge is 2.31. The highest BCUT2D eigenvalue weighted by molar-refractivity contribution is 5.93. The minimum atomic E-state index is -0.308. The van der Waals surface area contributed by atoms with Crippen molar-refractivity contribution in [2.45, 2.75) is 19.9 Å². The monoisotopic (exact) mass is 415 g/mol. The third-order valence-corrected chi connectivity index (χ3v) is 5.11. The molecule has 4 rings (SSSR count). The molecule has 0 spiro atoms. The number of aryl methyl sites for hydroxylation is 1. The van der Waals surface area contributed by atoms with Crippen LogP contribution in [0.5, 0.6) is 0 Å². The first-order valence-electron chi connectivity index (χ1n) is 9.31. The van der Waals surface area contributed by atoms with Crippen LogP contribution in [0.3, 0.4) is 0 Å². The van der Waals surface area contributed by atoms with E-state index in [1.54, 1.807) is 15.6 Å². The number of carbonyl (C=O) groups is 1. The largest absolute Gasteiger partial charge is 0.328 e. The lowest BCUT2D eigenvalue weighted by Crippen LogP contribution is -2.49. The molecule has 0 bridgehead atoms. The lowest BCUT2D eigenvalue weighted by atomic mass is 10.0. The van der Waals surface area contributed by atoms with Gasteiger partial charge in [0.25, 0.3) is 5.91 Å². The summed E-state index contributed by atoms with van der Waals surface area (Å²) in [4.78, 5) is 15.0. The van der Waals surface area contributed by atoms with E-state index in [1.807, 2.05) is 44.2 Å². The summed E-state index contributed by atoms with van der Waals surface area (Å²) in [5, 5.41) is 11.6. The number of nitrogens with one attached hydrogen (secondary N) is 1. The second-order valence-electron chi connectivity index (χ2n) is 7.04. The van der Waals surface area contributed by atoms with Crippen molar-refractivity contribution in [2.75, 3.05) is 19.6 Å². The van der Waals surface area contributed by atoms with Crippen LogP contribution in [0.4, 0.5) is 4.39 Å². The Morgan fingerprint density at radius 2 is 1.93 bits per heavy atom. The summed E-state index contributed by atoms with van der Waals surface area (Å²) in [5.41, 5.74) is 3.78. The van der Waals surface area contributed by atoms with E-state index in [0.29, 0.717) is 31.0 Å². The van der Waals surface area contributed by atoms with Crippen LogP contribution in [0.25, 0.3) is 5.69 Å². The molecule has 0 saturated carbocycles. The highest BCUT2D eigenvalue weighted by Crippen LogP contribution is 2.25. The summed E-state index contributed by atoms with van der Waals surface area (Å²) in [7, 11) is 0. The first-order chi connectivity index (χ1) is 13.5. The van der Waals surface area contributed by atoms with Crippen LogP contribution in [0.1, 0.15) is 33.4 Å². The predicted molar refractivity (Wildman–Crippen MR) is 111 cm³/mol. The lowest BCUT2D eigenvalue weighted by molar-refractivity contribution is 0.0627. The average Bonchev–Trinajstić information content (AvgIpc) is 3.09. The predicted octanol–water partition coefficient (Wildman–Crippen LogP) is 3.23. The summed E-state index contributed by atoms with van der Waals surface area (Å²) >= 11 is 0. The van der Waals surface area contributed by atoms with Crippen molar-refractivity contribution in [1.82, 2.24) is 25.2 Å². The van der Waals surface area contributed by atoms with Crippen LogP contribution in [-0.2, 0) is 0 Å². The minimum absolute atomic E-state index is 0. The molecule has 1 aliphatic heterocycles. The van der Waals surface area contributed by atoms with Crippen LogP contribution in [0.15, 0.2) is 48.5 Å². The molecule has 6 nitrogen and oxygen atoms in total. The van der Waals surface area contributed by atoms with Gasteiger partial charge < -0.3 is 10.2 Å². The quantitative estimate of drug-likeness (QED) is 0.713. The molecule has 1 aromatic heterocycles. The van der Waals surface area contributed by atoms with E-state index in [0.717, 1.165) is 16.8 Å². The molecule has 1 N–H and O–H groups in total. The molecule has 0 radical (unpaired) electrons. The van der Waals surface area contributed by atoms with Crippen LogP contribution in [-0.4, -0.2) is 45.4 Å². The number of amides is 1. The molecule has 2 heterocycles. The van der Waals surface area contributed by atoms with Crippen molar-refractivity contribution < 1.29 is 9.18 Å². The number of halogens is 2. The number of carbonyl (C=O) groups excluding carboxylic acids is 1. The summed E-state index contributed by atoms with van der Waals surface area (Å²) in [6.45, 7) is 5.64. The van der Waals surface area contributed by atoms with Crippen molar-refractivity contribution in [3.8, 4) is 5.69 Å². The lowest BCUT2D eigenvalue weighted by Gasteiger charge is -2.36. The molecule has 1 amide bonds. The summed E-state index contributed by atoms with van der Waals surface area (Å²) in [5.74, 6) is -0.497. The van der Waals surface area contributed by atoms with Crippen LogP contribution < -0.4 is 5.32 Å². The maximum atomic E-state index is 13.7. The van der Waals surface area contributed by atoms with Gasteiger partial charge in [-0.3, -0.25) is 4.79 Å². The molecule has 1 saturated heterocycles. The molecular weight excluding hydrogens is 393 g/mol. The van der Waals surface area contributed by atoms with Gasteiger partial charge in [-0.1, -0.05) is 35.0 Å². The molecule has 2 aromatic carbocycles. The molecule has 1 atom stereocenters. The zero-order chi connectivity index (χ0) is 19.7. The fourth-order valence-corrected chi connectivity index (χ4v) is 3.55. The Kier molecular flexibility index (Phi) is 6.30. The summed E-state index contributed by atoms with van der Waals surface area (Å²) in [6, 6.07) is 14.0. The summed E-state index contributed by atoms with van der Waals surface area (Å²) < 4.78 is 15.4. The molecule has 1 fully saturated rings. The molecule has 3 aromatic rings. The van der Waals surface area contributed by atoms with Crippen LogP contribution >= 0.6 is 12.4 Å². The Hall–Kier alpha value is -2.77. The van der Waals surface area contributed by atoms with Crippen molar-refractivity contribution in [3.63, 3.8) is 0 Å². The van der Waals surface area contributed by atoms with E-state index < -0.39 is 0 Å². The van der Waals surface area contributed by atoms with Gasteiger partial charge in [-0.15, -0.1) is 17.5 Å². The van der Waals surface area contributed by atoms with Gasteiger partial charge in [0.05, 0.1) is 17.4 Å². The van der Waals surface area contributed by atoms with Gasteiger partial charge >= 0.3 is 0 Å². The van der Waals surface area contributed by atoms with Gasteiger partial charge in [0.15, 0.2) is 5.69 Å². The molecule has 0 aliphatic carbocycles. The summed E-state index contributed by atoms with van der Waals surface area (Å²) in [6.07, 6.45) is 0. The highest BCUT2D eigenvalue weighted by atomic mass is 35.5. The standard InChI is InChI=1S/C21H22FN5O.ClH/c1-14-6-8-18(9-7-14)27-15(2)20(24-25-27)21(28)26-11-10-23-13-19(26)16-4-3-5-17(22)12-16;/h3-9,12,19,23H,10-11,13H2,1-2H3;1H. The minimum Gasteiger partial charge on any atom is -0.328 e. The Balaban J connectivity index is 0.00000240. The third kappa shape index (κ3) is 4.16. The van der Waals surface area contributed by atoms with Crippen molar-refractivity contribution in [3.05, 3.63) is 76.9 Å². The number of rotatable bonds is 3. The maximum absolute atomic E-state index is 13.7. The van der Waals surface area contributed by atoms with Gasteiger partial charge in [0.1, 0.15) is 5.82 Å². The van der Waals surface area contributed by atoms with Crippen molar-refractivity contribution in [1.29, 1.82) is 0 Å². The van der Waals surface area contributed by atoms with E-state index in [4.69, 9.17) is 0 Å². The van der Waals surface area contributed by atoms with Crippen LogP contribution in [0.2, 0.25) is 0 Å². The normalized spacial score (nSPS) is 16.4. The Bertz CT molecular complexity index is 1000. The molecular formula is C21H23ClFN5O. The van der Waals surface area contributed by atoms with Crippen molar-refractivity contribution in [2.24, 2.45) is 0 Å². The zero-order valence-corrected chi connectivity index (χ0v) is 17.1. The van der Waals surface area contributed by atoms with E-state index >= 15 is 0 Å². The SMILES string of the molecule is Cc1ccc(-n2nnc(C(=O)N3CCNCC3c3cccc(F)c3)c2C)cc1.Cl. The Morgan fingerprint density at radius 1 is 1.17 bits per heavy atom. The van der Waals surface area contributed by atoms with Gasteiger partial charge in [0, 0.05) is 19.6 Å². The van der Waals surface area contributed by atoms with Gasteiger partial charge in [-0.05, 0) is 43.7 Å². The fourth-order valence-electron chi connectivity index (χ4n) is 3.55. The number of piperazine rings is 1. The van der Waals surface area contributed by atoms with E-state index in [2.05, 4.69) is 15.6 Å². The Morgan fingerprint density at radius 3 is 2.66 bits per heavy atom. The number of hydrogen-bond donors (Lipinski definition) is 1. The second-order valence-corrected chi connectivity index (χ2v) is 7.04. The number of hydrogen-bond acceptors (Lipinski definition) is 4. The van der Waals surface area contributed by atoms with E-state index in [1.165, 1.54) is 12.1 Å². The molecule has 1 unspecified atom stereocenters. The van der Waals surface area contributed by atoms with E-state index in [-0.39, 0.29) is 30.2 Å². The molecule has 8 heteroatoms. The third-order valence-electron chi connectivity index (χ3n) is 5.11. The van der Waals surface area contributed by atoms with Gasteiger partial charge in [0.2, 0.25) is 0 Å². The smallest absolute Gasteiger partial charge is 0.276 e.